The van der Waals surface area contributed by atoms with E-state index in [1.165, 1.54) is 0 Å². The van der Waals surface area contributed by atoms with Gasteiger partial charge in [0.15, 0.2) is 0 Å². The summed E-state index contributed by atoms with van der Waals surface area (Å²) in [4.78, 5) is 0. The van der Waals surface area contributed by atoms with Crippen molar-refractivity contribution in [3.8, 4) is 0 Å². The highest BCUT2D eigenvalue weighted by Crippen LogP contribution is 2.54. The molecule has 0 aromatic heterocycles. The van der Waals surface area contributed by atoms with Crippen LogP contribution in [0.4, 0.5) is 0 Å². The van der Waals surface area contributed by atoms with E-state index in [1.54, 1.807) is 20.8 Å². The zero-order valence-corrected chi connectivity index (χ0v) is 6.96. The Morgan fingerprint density at radius 1 is 1.27 bits per heavy atom. The largest absolute Gasteiger partial charge is 0.391 e. The van der Waals surface area contributed by atoms with E-state index in [1.807, 2.05) is 0 Å². The fourth-order valence-electron chi connectivity index (χ4n) is 1.10. The molecule has 11 heavy (non-hydrogen) atoms. The van der Waals surface area contributed by atoms with Gasteiger partial charge in [0.25, 0.3) is 0 Å². The first kappa shape index (κ1) is 8.93. The van der Waals surface area contributed by atoms with Crippen LogP contribution in [0.1, 0.15) is 20.8 Å². The standard InChI is InChI=1S/C7H14O4/c1-5(2,3)7(10)6(9,4-8)11-7/h8-10H,4H2,1-3H3. The van der Waals surface area contributed by atoms with Crippen molar-refractivity contribution in [2.24, 2.45) is 5.41 Å². The van der Waals surface area contributed by atoms with Gasteiger partial charge < -0.3 is 20.1 Å². The second-order valence-electron chi connectivity index (χ2n) is 3.94. The summed E-state index contributed by atoms with van der Waals surface area (Å²) in [5.74, 6) is -3.36. The lowest BCUT2D eigenvalue weighted by Gasteiger charge is -2.23. The Hall–Kier alpha value is -0.160. The van der Waals surface area contributed by atoms with Crippen molar-refractivity contribution in [2.75, 3.05) is 6.61 Å². The van der Waals surface area contributed by atoms with Crippen molar-refractivity contribution in [2.45, 2.75) is 32.3 Å². The Morgan fingerprint density at radius 2 is 1.73 bits per heavy atom. The van der Waals surface area contributed by atoms with Gasteiger partial charge in [0.1, 0.15) is 6.61 Å². The van der Waals surface area contributed by atoms with Gasteiger partial charge in [-0.05, 0) is 0 Å². The van der Waals surface area contributed by atoms with Gasteiger partial charge in [-0.1, -0.05) is 20.8 Å². The first-order valence-corrected chi connectivity index (χ1v) is 3.53. The van der Waals surface area contributed by atoms with Crippen LogP contribution < -0.4 is 0 Å². The molecule has 4 nitrogen and oxygen atoms in total. The molecule has 1 aliphatic rings. The highest BCUT2D eigenvalue weighted by atomic mass is 16.8. The minimum Gasteiger partial charge on any atom is -0.391 e. The Bertz CT molecular complexity index is 174. The summed E-state index contributed by atoms with van der Waals surface area (Å²) < 4.78 is 4.67. The van der Waals surface area contributed by atoms with Crippen molar-refractivity contribution in [1.82, 2.24) is 0 Å². The topological polar surface area (TPSA) is 73.2 Å². The van der Waals surface area contributed by atoms with Gasteiger partial charge in [-0.15, -0.1) is 0 Å². The molecule has 0 bridgehead atoms. The maximum Gasteiger partial charge on any atom is 0.248 e. The minimum absolute atomic E-state index is 0.583. The van der Waals surface area contributed by atoms with Crippen molar-refractivity contribution in [3.63, 3.8) is 0 Å². The smallest absolute Gasteiger partial charge is 0.248 e. The first-order chi connectivity index (χ1) is 4.77. The van der Waals surface area contributed by atoms with E-state index in [2.05, 4.69) is 4.74 Å². The second kappa shape index (κ2) is 1.95. The molecule has 0 aromatic carbocycles. The zero-order valence-electron chi connectivity index (χ0n) is 6.96. The Morgan fingerprint density at radius 3 is 1.82 bits per heavy atom. The molecule has 2 unspecified atom stereocenters. The van der Waals surface area contributed by atoms with Crippen LogP contribution >= 0.6 is 0 Å². The lowest BCUT2D eigenvalue weighted by molar-refractivity contribution is -0.0715. The average Bonchev–Trinajstić information content (AvgIpc) is 2.38. The summed E-state index contributed by atoms with van der Waals surface area (Å²) in [5.41, 5.74) is -0.593. The maximum absolute atomic E-state index is 9.55. The predicted octanol–water partition coefficient (Wildman–Crippen LogP) is -0.568. The molecule has 66 valence electrons. The molecular weight excluding hydrogens is 148 g/mol. The fraction of sp³-hybridized carbons (Fsp3) is 1.00. The van der Waals surface area contributed by atoms with Crippen molar-refractivity contribution in [3.05, 3.63) is 0 Å². The summed E-state index contributed by atoms with van der Waals surface area (Å²) in [5, 5.41) is 27.5. The Balaban J connectivity index is 2.77. The van der Waals surface area contributed by atoms with E-state index in [0.717, 1.165) is 0 Å². The van der Waals surface area contributed by atoms with E-state index in [0.29, 0.717) is 0 Å². The van der Waals surface area contributed by atoms with Crippen LogP contribution in [0.2, 0.25) is 0 Å². The highest BCUT2D eigenvalue weighted by molar-refractivity contribution is 5.06. The predicted molar refractivity (Wildman–Crippen MR) is 37.5 cm³/mol. The summed E-state index contributed by atoms with van der Waals surface area (Å²) in [6.45, 7) is 4.59. The van der Waals surface area contributed by atoms with Gasteiger partial charge in [0.2, 0.25) is 11.6 Å². The summed E-state index contributed by atoms with van der Waals surface area (Å²) in [7, 11) is 0. The summed E-state index contributed by atoms with van der Waals surface area (Å²) >= 11 is 0. The van der Waals surface area contributed by atoms with Crippen LogP contribution in [0, 0.1) is 5.41 Å². The minimum atomic E-state index is -1.76. The van der Waals surface area contributed by atoms with Crippen LogP contribution in [0.5, 0.6) is 0 Å². The van der Waals surface area contributed by atoms with E-state index >= 15 is 0 Å². The molecule has 0 radical (unpaired) electrons. The van der Waals surface area contributed by atoms with Crippen molar-refractivity contribution >= 4 is 0 Å². The van der Waals surface area contributed by atoms with E-state index in [9.17, 15) is 10.2 Å². The Kier molecular flexibility index (Phi) is 1.59. The van der Waals surface area contributed by atoms with Crippen LogP contribution in [-0.2, 0) is 4.74 Å². The van der Waals surface area contributed by atoms with Crippen LogP contribution in [0.25, 0.3) is 0 Å². The number of hydrogen-bond acceptors (Lipinski definition) is 4. The lowest BCUT2D eigenvalue weighted by atomic mass is 9.86. The maximum atomic E-state index is 9.55. The number of aliphatic hydroxyl groups excluding tert-OH is 1. The van der Waals surface area contributed by atoms with Gasteiger partial charge >= 0.3 is 0 Å². The van der Waals surface area contributed by atoms with Gasteiger partial charge in [-0.25, -0.2) is 0 Å². The van der Waals surface area contributed by atoms with Crippen LogP contribution in [-0.4, -0.2) is 33.5 Å². The van der Waals surface area contributed by atoms with Crippen LogP contribution in [0.3, 0.4) is 0 Å². The van der Waals surface area contributed by atoms with Gasteiger partial charge in [-0.2, -0.15) is 0 Å². The molecule has 4 heteroatoms. The molecule has 1 fully saturated rings. The molecule has 0 spiro atoms. The van der Waals surface area contributed by atoms with E-state index < -0.39 is 23.6 Å². The molecule has 0 saturated carbocycles. The first-order valence-electron chi connectivity index (χ1n) is 3.53. The molecule has 3 N–H and O–H groups in total. The van der Waals surface area contributed by atoms with Crippen molar-refractivity contribution in [1.29, 1.82) is 0 Å². The molecule has 1 rings (SSSR count). The molecule has 0 aromatic rings. The third-order valence-corrected chi connectivity index (χ3v) is 2.04. The summed E-state index contributed by atoms with van der Waals surface area (Å²) in [6.07, 6.45) is 0. The molecule has 1 aliphatic heterocycles. The molecular formula is C7H14O4. The van der Waals surface area contributed by atoms with Crippen LogP contribution in [0.15, 0.2) is 0 Å². The molecule has 0 aliphatic carbocycles. The average molecular weight is 162 g/mol. The normalized spacial score (nSPS) is 44.2. The number of aliphatic hydroxyl groups is 3. The number of hydrogen-bond donors (Lipinski definition) is 3. The zero-order chi connectivity index (χ0) is 8.91. The SMILES string of the molecule is CC(C)(C)C1(O)OC1(O)CO. The second-order valence-corrected chi connectivity index (χ2v) is 3.94. The van der Waals surface area contributed by atoms with E-state index in [-0.39, 0.29) is 0 Å². The highest BCUT2D eigenvalue weighted by Gasteiger charge is 2.74. The van der Waals surface area contributed by atoms with Gasteiger partial charge in [-0.3, -0.25) is 0 Å². The summed E-state index contributed by atoms with van der Waals surface area (Å²) in [6, 6.07) is 0. The third kappa shape index (κ3) is 0.980. The van der Waals surface area contributed by atoms with E-state index in [4.69, 9.17) is 5.11 Å². The monoisotopic (exact) mass is 162 g/mol. The van der Waals surface area contributed by atoms with Crippen molar-refractivity contribution < 1.29 is 20.1 Å². The molecule has 2 atom stereocenters. The molecule has 1 saturated heterocycles. The van der Waals surface area contributed by atoms with Gasteiger partial charge in [0.05, 0.1) is 0 Å². The number of rotatable bonds is 1. The third-order valence-electron chi connectivity index (χ3n) is 2.04. The number of ether oxygens (including phenoxy) is 1. The lowest BCUT2D eigenvalue weighted by Crippen LogP contribution is -2.39. The molecule has 1 heterocycles. The number of epoxide rings is 1. The quantitative estimate of drug-likeness (QED) is 0.451. The Labute approximate surface area is 65.4 Å². The fourth-order valence-corrected chi connectivity index (χ4v) is 1.10. The molecule has 0 amide bonds. The van der Waals surface area contributed by atoms with Gasteiger partial charge in [0, 0.05) is 5.41 Å².